The second-order valence-corrected chi connectivity index (χ2v) is 5.06. The van der Waals surface area contributed by atoms with Crippen LogP contribution in [0, 0.1) is 0 Å². The lowest BCUT2D eigenvalue weighted by atomic mass is 10.5. The Kier molecular flexibility index (Phi) is 3.89. The lowest BCUT2D eigenvalue weighted by Gasteiger charge is -2.01. The molecule has 0 aliphatic carbocycles. The zero-order valence-corrected chi connectivity index (χ0v) is 9.78. The third kappa shape index (κ3) is 3.31. The van der Waals surface area contributed by atoms with Gasteiger partial charge in [0, 0.05) is 6.54 Å². The minimum atomic E-state index is -3.94. The second kappa shape index (κ2) is 5.00. The predicted molar refractivity (Wildman–Crippen MR) is 56.4 cm³/mol. The number of amides is 1. The fourth-order valence-corrected chi connectivity index (χ4v) is 2.18. The first-order valence-corrected chi connectivity index (χ1v) is 6.34. The van der Waals surface area contributed by atoms with Crippen molar-refractivity contribution in [3.63, 3.8) is 0 Å². The highest BCUT2D eigenvalue weighted by Crippen LogP contribution is 2.15. The maximum absolute atomic E-state index is 11.6. The SMILES string of the molecule is CCNC(=O)CS(=O)(=O)c1ccc(C(=O)O)o1. The van der Waals surface area contributed by atoms with Crippen molar-refractivity contribution in [2.24, 2.45) is 0 Å². The first-order valence-electron chi connectivity index (χ1n) is 4.69. The quantitative estimate of drug-likeness (QED) is 0.764. The van der Waals surface area contributed by atoms with Crippen LogP contribution < -0.4 is 5.32 Å². The molecule has 0 aromatic carbocycles. The van der Waals surface area contributed by atoms with Crippen molar-refractivity contribution in [3.8, 4) is 0 Å². The van der Waals surface area contributed by atoms with Crippen LogP contribution in [0.2, 0.25) is 0 Å². The molecular weight excluding hydrogens is 250 g/mol. The highest BCUT2D eigenvalue weighted by atomic mass is 32.2. The Morgan fingerprint density at radius 2 is 2.06 bits per heavy atom. The summed E-state index contributed by atoms with van der Waals surface area (Å²) >= 11 is 0. The predicted octanol–water partition coefficient (Wildman–Crippen LogP) is -0.112. The van der Waals surface area contributed by atoms with Gasteiger partial charge in [-0.05, 0) is 19.1 Å². The van der Waals surface area contributed by atoms with Crippen LogP contribution in [0.25, 0.3) is 0 Å². The highest BCUT2D eigenvalue weighted by Gasteiger charge is 2.24. The summed E-state index contributed by atoms with van der Waals surface area (Å²) in [4.78, 5) is 21.6. The van der Waals surface area contributed by atoms with Crippen LogP contribution in [-0.2, 0) is 14.6 Å². The molecule has 1 aromatic heterocycles. The van der Waals surface area contributed by atoms with E-state index in [0.717, 1.165) is 12.1 Å². The van der Waals surface area contributed by atoms with E-state index >= 15 is 0 Å². The Labute approximate surface area is 97.3 Å². The molecule has 0 atom stereocenters. The standard InChI is InChI=1S/C9H11NO6S/c1-2-10-7(11)5-17(14,15)8-4-3-6(16-8)9(12)13/h3-4H,2,5H2,1H3,(H,10,11)(H,12,13). The van der Waals surface area contributed by atoms with Crippen LogP contribution in [0.15, 0.2) is 21.6 Å². The van der Waals surface area contributed by atoms with Gasteiger partial charge in [0.1, 0.15) is 5.75 Å². The largest absolute Gasteiger partial charge is 0.475 e. The number of furan rings is 1. The van der Waals surface area contributed by atoms with E-state index in [9.17, 15) is 18.0 Å². The number of hydrogen-bond donors (Lipinski definition) is 2. The van der Waals surface area contributed by atoms with Crippen molar-refractivity contribution in [2.45, 2.75) is 12.0 Å². The molecule has 1 heterocycles. The molecule has 7 nitrogen and oxygen atoms in total. The number of aromatic carboxylic acids is 1. The summed E-state index contributed by atoms with van der Waals surface area (Å²) in [5.41, 5.74) is 0. The average Bonchev–Trinajstić information content (AvgIpc) is 2.65. The summed E-state index contributed by atoms with van der Waals surface area (Å²) in [7, 11) is -3.94. The molecule has 1 rings (SSSR count). The van der Waals surface area contributed by atoms with Crippen LogP contribution in [0.1, 0.15) is 17.5 Å². The maximum atomic E-state index is 11.6. The number of carbonyl (C=O) groups excluding carboxylic acids is 1. The summed E-state index contributed by atoms with van der Waals surface area (Å²) in [5.74, 6) is -3.29. The van der Waals surface area contributed by atoms with Crippen LogP contribution in [-0.4, -0.2) is 37.7 Å². The van der Waals surface area contributed by atoms with Gasteiger partial charge in [0.2, 0.25) is 26.6 Å². The molecule has 1 aromatic rings. The van der Waals surface area contributed by atoms with Gasteiger partial charge in [0.25, 0.3) is 0 Å². The molecule has 0 saturated carbocycles. The van der Waals surface area contributed by atoms with Crippen LogP contribution in [0.3, 0.4) is 0 Å². The van der Waals surface area contributed by atoms with Crippen molar-refractivity contribution in [3.05, 3.63) is 17.9 Å². The van der Waals surface area contributed by atoms with E-state index in [2.05, 4.69) is 9.73 Å². The lowest BCUT2D eigenvalue weighted by molar-refractivity contribution is -0.118. The zero-order chi connectivity index (χ0) is 13.1. The average molecular weight is 261 g/mol. The molecule has 0 aliphatic heterocycles. The monoisotopic (exact) mass is 261 g/mol. The molecule has 0 bridgehead atoms. The van der Waals surface area contributed by atoms with Gasteiger partial charge in [-0.15, -0.1) is 0 Å². The minimum absolute atomic E-state index is 0.312. The Morgan fingerprint density at radius 3 is 2.53 bits per heavy atom. The molecule has 0 spiro atoms. The summed E-state index contributed by atoms with van der Waals surface area (Å²) < 4.78 is 27.8. The van der Waals surface area contributed by atoms with E-state index in [-0.39, 0.29) is 0 Å². The normalized spacial score (nSPS) is 11.1. The van der Waals surface area contributed by atoms with E-state index in [1.54, 1.807) is 6.92 Å². The number of carboxylic acid groups (broad SMARTS) is 1. The van der Waals surface area contributed by atoms with Crippen molar-refractivity contribution in [1.29, 1.82) is 0 Å². The number of sulfone groups is 1. The van der Waals surface area contributed by atoms with Gasteiger partial charge in [0.05, 0.1) is 0 Å². The Bertz CT molecular complexity index is 529. The molecule has 0 unspecified atom stereocenters. The Morgan fingerprint density at radius 1 is 1.41 bits per heavy atom. The first-order chi connectivity index (χ1) is 7.86. The Hall–Kier alpha value is -1.83. The van der Waals surface area contributed by atoms with Gasteiger partial charge in [-0.1, -0.05) is 0 Å². The van der Waals surface area contributed by atoms with Crippen LogP contribution >= 0.6 is 0 Å². The fourth-order valence-electron chi connectivity index (χ4n) is 1.09. The van der Waals surface area contributed by atoms with Gasteiger partial charge in [-0.2, -0.15) is 0 Å². The molecule has 0 saturated heterocycles. The van der Waals surface area contributed by atoms with Gasteiger partial charge in [0.15, 0.2) is 0 Å². The third-order valence-electron chi connectivity index (χ3n) is 1.79. The van der Waals surface area contributed by atoms with Gasteiger partial charge < -0.3 is 14.8 Å². The number of carbonyl (C=O) groups is 2. The Balaban J connectivity index is 2.89. The molecule has 17 heavy (non-hydrogen) atoms. The fraction of sp³-hybridized carbons (Fsp3) is 0.333. The zero-order valence-electron chi connectivity index (χ0n) is 8.97. The third-order valence-corrected chi connectivity index (χ3v) is 3.27. The summed E-state index contributed by atoms with van der Waals surface area (Å²) in [6.07, 6.45) is 0. The van der Waals surface area contributed by atoms with E-state index in [0.29, 0.717) is 6.54 Å². The van der Waals surface area contributed by atoms with Gasteiger partial charge in [-0.25, -0.2) is 13.2 Å². The second-order valence-electron chi connectivity index (χ2n) is 3.14. The topological polar surface area (TPSA) is 114 Å². The molecule has 8 heteroatoms. The van der Waals surface area contributed by atoms with Gasteiger partial charge in [-0.3, -0.25) is 4.79 Å². The first kappa shape index (κ1) is 13.2. The summed E-state index contributed by atoms with van der Waals surface area (Å²) in [5, 5.41) is 10.4. The van der Waals surface area contributed by atoms with Gasteiger partial charge >= 0.3 is 5.97 Å². The number of carboxylic acids is 1. The van der Waals surface area contributed by atoms with E-state index < -0.39 is 38.3 Å². The molecular formula is C9H11NO6S. The number of hydrogen-bond acceptors (Lipinski definition) is 5. The van der Waals surface area contributed by atoms with Crippen LogP contribution in [0.4, 0.5) is 0 Å². The van der Waals surface area contributed by atoms with E-state index in [1.807, 2.05) is 0 Å². The minimum Gasteiger partial charge on any atom is -0.475 e. The molecule has 1 amide bonds. The van der Waals surface area contributed by atoms with E-state index in [4.69, 9.17) is 5.11 Å². The molecule has 2 N–H and O–H groups in total. The molecule has 0 radical (unpaired) electrons. The van der Waals surface area contributed by atoms with Crippen molar-refractivity contribution in [1.82, 2.24) is 5.32 Å². The van der Waals surface area contributed by atoms with E-state index in [1.165, 1.54) is 0 Å². The number of rotatable bonds is 5. The maximum Gasteiger partial charge on any atom is 0.371 e. The highest BCUT2D eigenvalue weighted by molar-refractivity contribution is 7.92. The summed E-state index contributed by atoms with van der Waals surface area (Å²) in [6, 6.07) is 2.03. The lowest BCUT2D eigenvalue weighted by Crippen LogP contribution is -2.29. The summed E-state index contributed by atoms with van der Waals surface area (Å²) in [6.45, 7) is 1.97. The molecule has 0 aliphatic rings. The molecule has 94 valence electrons. The van der Waals surface area contributed by atoms with Crippen molar-refractivity contribution >= 4 is 21.7 Å². The smallest absolute Gasteiger partial charge is 0.371 e. The molecule has 0 fully saturated rings. The van der Waals surface area contributed by atoms with Crippen LogP contribution in [0.5, 0.6) is 0 Å². The van der Waals surface area contributed by atoms with Crippen molar-refractivity contribution in [2.75, 3.05) is 12.3 Å². The number of nitrogens with one attached hydrogen (secondary N) is 1. The van der Waals surface area contributed by atoms with Crippen molar-refractivity contribution < 1.29 is 27.5 Å².